The number of thioether (sulfide) groups is 1. The second-order valence-corrected chi connectivity index (χ2v) is 6.30. The van der Waals surface area contributed by atoms with Crippen molar-refractivity contribution in [3.8, 4) is 0 Å². The van der Waals surface area contributed by atoms with Gasteiger partial charge in [-0.05, 0) is 34.1 Å². The van der Waals surface area contributed by atoms with E-state index < -0.39 is 5.97 Å². The lowest BCUT2D eigenvalue weighted by Gasteiger charge is -2.04. The third-order valence-corrected chi connectivity index (χ3v) is 5.16. The molecule has 0 amide bonds. The first-order valence-corrected chi connectivity index (χ1v) is 8.05. The van der Waals surface area contributed by atoms with E-state index >= 15 is 0 Å². The molecule has 0 aliphatic heterocycles. The van der Waals surface area contributed by atoms with Crippen LogP contribution in [0.4, 0.5) is 0 Å². The molecule has 1 N–H and O–H groups in total. The molecule has 0 unspecified atom stereocenters. The van der Waals surface area contributed by atoms with Gasteiger partial charge in [-0.25, -0.2) is 4.79 Å². The Labute approximate surface area is 134 Å². The number of fused-ring (bicyclic) bond motifs is 1. The number of furan rings is 1. The van der Waals surface area contributed by atoms with E-state index in [0.29, 0.717) is 11.3 Å². The van der Waals surface area contributed by atoms with Crippen LogP contribution >= 0.6 is 27.7 Å². The van der Waals surface area contributed by atoms with E-state index in [-0.39, 0.29) is 5.76 Å². The monoisotopic (exact) mass is 362 g/mol. The molecule has 0 fully saturated rings. The fourth-order valence-corrected chi connectivity index (χ4v) is 3.72. The Morgan fingerprint density at radius 3 is 2.62 bits per heavy atom. The van der Waals surface area contributed by atoms with Crippen LogP contribution in [0.3, 0.4) is 0 Å². The van der Waals surface area contributed by atoms with E-state index in [1.807, 2.05) is 42.5 Å². The van der Waals surface area contributed by atoms with Crippen LogP contribution in [0, 0.1) is 0 Å². The van der Waals surface area contributed by atoms with Crippen LogP contribution in [0.25, 0.3) is 11.0 Å². The van der Waals surface area contributed by atoms with Crippen molar-refractivity contribution in [2.75, 3.05) is 0 Å². The fraction of sp³-hybridized carbons (Fsp3) is 0.0625. The Bertz CT molecular complexity index is 810. The van der Waals surface area contributed by atoms with E-state index in [4.69, 9.17) is 4.42 Å². The van der Waals surface area contributed by atoms with E-state index in [1.54, 1.807) is 17.8 Å². The predicted octanol–water partition coefficient (Wildman–Crippen LogP) is 5.19. The zero-order valence-corrected chi connectivity index (χ0v) is 13.3. The molecule has 3 rings (SSSR count). The smallest absolute Gasteiger partial charge is 0.372 e. The van der Waals surface area contributed by atoms with Crippen molar-refractivity contribution in [1.29, 1.82) is 0 Å². The molecule has 106 valence electrons. The summed E-state index contributed by atoms with van der Waals surface area (Å²) < 4.78 is 6.45. The summed E-state index contributed by atoms with van der Waals surface area (Å²) in [6.45, 7) is 0. The lowest BCUT2D eigenvalue weighted by atomic mass is 10.1. The van der Waals surface area contributed by atoms with Crippen LogP contribution in [-0.2, 0) is 5.75 Å². The Kier molecular flexibility index (Phi) is 4.03. The highest BCUT2D eigenvalue weighted by molar-refractivity contribution is 9.10. The summed E-state index contributed by atoms with van der Waals surface area (Å²) >= 11 is 5.08. The largest absolute Gasteiger partial charge is 0.475 e. The van der Waals surface area contributed by atoms with Gasteiger partial charge in [0.2, 0.25) is 5.76 Å². The second-order valence-electron chi connectivity index (χ2n) is 4.43. The first-order chi connectivity index (χ1) is 10.2. The number of para-hydroxylation sites is 1. The fourth-order valence-electron chi connectivity index (χ4n) is 2.13. The highest BCUT2D eigenvalue weighted by atomic mass is 79.9. The van der Waals surface area contributed by atoms with Crippen molar-refractivity contribution in [3.05, 3.63) is 64.3 Å². The van der Waals surface area contributed by atoms with Crippen LogP contribution < -0.4 is 0 Å². The summed E-state index contributed by atoms with van der Waals surface area (Å²) in [6, 6.07) is 15.3. The molecule has 1 heterocycles. The summed E-state index contributed by atoms with van der Waals surface area (Å²) in [4.78, 5) is 12.4. The highest BCUT2D eigenvalue weighted by Crippen LogP contribution is 2.34. The van der Waals surface area contributed by atoms with Crippen molar-refractivity contribution >= 4 is 44.6 Å². The maximum Gasteiger partial charge on any atom is 0.372 e. The number of hydrogen-bond acceptors (Lipinski definition) is 3. The van der Waals surface area contributed by atoms with Crippen LogP contribution in [0.15, 0.2) is 62.3 Å². The predicted molar refractivity (Wildman–Crippen MR) is 86.9 cm³/mol. The first kappa shape index (κ1) is 14.2. The van der Waals surface area contributed by atoms with Crippen LogP contribution in [0.1, 0.15) is 16.1 Å². The lowest BCUT2D eigenvalue weighted by Crippen LogP contribution is -1.97. The molecule has 3 aromatic rings. The molecule has 0 aliphatic rings. The Hall–Kier alpha value is -1.72. The van der Waals surface area contributed by atoms with Crippen molar-refractivity contribution in [2.24, 2.45) is 0 Å². The third-order valence-electron chi connectivity index (χ3n) is 3.10. The van der Waals surface area contributed by atoms with E-state index in [1.165, 1.54) is 0 Å². The van der Waals surface area contributed by atoms with Gasteiger partial charge in [-0.15, -0.1) is 11.8 Å². The molecule has 2 aromatic carbocycles. The topological polar surface area (TPSA) is 50.4 Å². The second kappa shape index (κ2) is 5.95. The van der Waals surface area contributed by atoms with Gasteiger partial charge < -0.3 is 9.52 Å². The summed E-state index contributed by atoms with van der Waals surface area (Å²) in [7, 11) is 0. The zero-order valence-electron chi connectivity index (χ0n) is 10.9. The molecule has 0 radical (unpaired) electrons. The minimum atomic E-state index is -1.03. The van der Waals surface area contributed by atoms with Crippen molar-refractivity contribution in [2.45, 2.75) is 10.6 Å². The minimum absolute atomic E-state index is 0.0238. The Morgan fingerprint density at radius 1 is 1.14 bits per heavy atom. The zero-order chi connectivity index (χ0) is 14.8. The average Bonchev–Trinajstić information content (AvgIpc) is 2.85. The first-order valence-electron chi connectivity index (χ1n) is 6.28. The molecule has 0 saturated heterocycles. The summed E-state index contributed by atoms with van der Waals surface area (Å²) in [5.74, 6) is -0.467. The molecular formula is C16H11BrO3S. The van der Waals surface area contributed by atoms with Gasteiger partial charge in [0.25, 0.3) is 0 Å². The van der Waals surface area contributed by atoms with Crippen LogP contribution in [0.5, 0.6) is 0 Å². The number of carbonyl (C=O) groups is 1. The molecule has 0 bridgehead atoms. The number of halogens is 1. The van der Waals surface area contributed by atoms with Gasteiger partial charge in [-0.3, -0.25) is 0 Å². The van der Waals surface area contributed by atoms with Gasteiger partial charge in [0.1, 0.15) is 5.58 Å². The number of rotatable bonds is 4. The SMILES string of the molecule is O=C(O)c1oc2ccccc2c1CSc1ccccc1Br. The normalized spacial score (nSPS) is 10.9. The van der Waals surface area contributed by atoms with Crippen molar-refractivity contribution in [1.82, 2.24) is 0 Å². The maximum absolute atomic E-state index is 11.4. The quantitative estimate of drug-likeness (QED) is 0.649. The molecule has 0 atom stereocenters. The molecule has 0 saturated carbocycles. The van der Waals surface area contributed by atoms with E-state index in [9.17, 15) is 9.90 Å². The highest BCUT2D eigenvalue weighted by Gasteiger charge is 2.19. The molecule has 5 heteroatoms. The number of aromatic carboxylic acids is 1. The van der Waals surface area contributed by atoms with E-state index in [2.05, 4.69) is 15.9 Å². The van der Waals surface area contributed by atoms with Gasteiger partial charge >= 0.3 is 5.97 Å². The minimum Gasteiger partial charge on any atom is -0.475 e. The molecular weight excluding hydrogens is 352 g/mol. The Balaban J connectivity index is 1.98. The Morgan fingerprint density at radius 2 is 1.86 bits per heavy atom. The van der Waals surface area contributed by atoms with Gasteiger partial charge in [-0.2, -0.15) is 0 Å². The van der Waals surface area contributed by atoms with Gasteiger partial charge in [0.05, 0.1) is 0 Å². The standard InChI is InChI=1S/C16H11BrO3S/c17-12-6-2-4-8-14(12)21-9-11-10-5-1-3-7-13(10)20-15(11)16(18)19/h1-8H,9H2,(H,18,19). The molecule has 3 nitrogen and oxygen atoms in total. The average molecular weight is 363 g/mol. The summed E-state index contributed by atoms with van der Waals surface area (Å²) in [5.41, 5.74) is 1.33. The number of carboxylic acid groups (broad SMARTS) is 1. The van der Waals surface area contributed by atoms with Gasteiger partial charge in [0, 0.05) is 26.1 Å². The van der Waals surface area contributed by atoms with Crippen LogP contribution in [-0.4, -0.2) is 11.1 Å². The molecule has 0 aliphatic carbocycles. The van der Waals surface area contributed by atoms with Gasteiger partial charge in [-0.1, -0.05) is 30.3 Å². The summed E-state index contributed by atoms with van der Waals surface area (Å²) in [6.07, 6.45) is 0. The molecule has 0 spiro atoms. The van der Waals surface area contributed by atoms with Crippen LogP contribution in [0.2, 0.25) is 0 Å². The summed E-state index contributed by atoms with van der Waals surface area (Å²) in [5, 5.41) is 10.2. The van der Waals surface area contributed by atoms with Gasteiger partial charge in [0.15, 0.2) is 0 Å². The van der Waals surface area contributed by atoms with Crippen molar-refractivity contribution in [3.63, 3.8) is 0 Å². The number of carboxylic acids is 1. The van der Waals surface area contributed by atoms with Crippen molar-refractivity contribution < 1.29 is 14.3 Å². The lowest BCUT2D eigenvalue weighted by molar-refractivity contribution is 0.0664. The number of benzene rings is 2. The molecule has 21 heavy (non-hydrogen) atoms. The third kappa shape index (κ3) is 2.84. The van der Waals surface area contributed by atoms with E-state index in [0.717, 1.165) is 20.3 Å². The molecule has 1 aromatic heterocycles. The number of hydrogen-bond donors (Lipinski definition) is 1. The maximum atomic E-state index is 11.4.